The first-order valence-electron chi connectivity index (χ1n) is 5.90. The lowest BCUT2D eigenvalue weighted by molar-refractivity contribution is 0.183. The Morgan fingerprint density at radius 1 is 1.47 bits per heavy atom. The Morgan fingerprint density at radius 3 is 2.82 bits per heavy atom. The van der Waals surface area contributed by atoms with Crippen molar-refractivity contribution in [2.24, 2.45) is 0 Å². The first kappa shape index (κ1) is 13.9. The van der Waals surface area contributed by atoms with Crippen LogP contribution in [0.2, 0.25) is 0 Å². The average Bonchev–Trinajstić information content (AvgIpc) is 2.34. The molecule has 1 atom stereocenters. The molecule has 0 spiro atoms. The molecule has 0 aromatic heterocycles. The van der Waals surface area contributed by atoms with E-state index in [4.69, 9.17) is 9.84 Å². The highest BCUT2D eigenvalue weighted by atomic mass is 19.1. The van der Waals surface area contributed by atoms with Gasteiger partial charge in [0.1, 0.15) is 18.2 Å². The monoisotopic (exact) mass is 241 g/mol. The number of benzene rings is 1. The molecule has 0 bridgehead atoms. The normalized spacial score (nSPS) is 12.5. The summed E-state index contributed by atoms with van der Waals surface area (Å²) in [4.78, 5) is 0. The molecule has 0 aliphatic rings. The second-order valence-corrected chi connectivity index (χ2v) is 4.06. The third kappa shape index (κ3) is 4.71. The summed E-state index contributed by atoms with van der Waals surface area (Å²) in [5.74, 6) is 0.390. The Hall–Kier alpha value is -1.13. The third-order valence-corrected chi connectivity index (χ3v) is 2.48. The van der Waals surface area contributed by atoms with Crippen molar-refractivity contribution in [3.05, 3.63) is 29.6 Å². The van der Waals surface area contributed by atoms with Gasteiger partial charge in [0.25, 0.3) is 0 Å². The SMILES string of the molecule is CCCNC(CO)COc1ccc(F)c(C)c1. The first-order chi connectivity index (χ1) is 8.17. The number of rotatable bonds is 7. The fraction of sp³-hybridized carbons (Fsp3) is 0.538. The molecule has 1 unspecified atom stereocenters. The smallest absolute Gasteiger partial charge is 0.126 e. The van der Waals surface area contributed by atoms with E-state index in [0.717, 1.165) is 13.0 Å². The summed E-state index contributed by atoms with van der Waals surface area (Å²) >= 11 is 0. The number of hydrogen-bond acceptors (Lipinski definition) is 3. The number of nitrogens with one attached hydrogen (secondary N) is 1. The predicted octanol–water partition coefficient (Wildman–Crippen LogP) is 1.87. The largest absolute Gasteiger partial charge is 0.492 e. The molecule has 1 aromatic carbocycles. The van der Waals surface area contributed by atoms with Crippen molar-refractivity contribution in [3.8, 4) is 5.75 Å². The lowest BCUT2D eigenvalue weighted by Crippen LogP contribution is -2.38. The highest BCUT2D eigenvalue weighted by Gasteiger charge is 2.07. The molecular weight excluding hydrogens is 221 g/mol. The summed E-state index contributed by atoms with van der Waals surface area (Å²) in [5.41, 5.74) is 0.560. The Morgan fingerprint density at radius 2 is 2.24 bits per heavy atom. The zero-order valence-electron chi connectivity index (χ0n) is 10.4. The fourth-order valence-electron chi connectivity index (χ4n) is 1.43. The van der Waals surface area contributed by atoms with Crippen LogP contribution >= 0.6 is 0 Å². The highest BCUT2D eigenvalue weighted by molar-refractivity contribution is 5.28. The van der Waals surface area contributed by atoms with Crippen LogP contribution in [0.3, 0.4) is 0 Å². The zero-order chi connectivity index (χ0) is 12.7. The molecule has 0 radical (unpaired) electrons. The second kappa shape index (κ2) is 7.25. The van der Waals surface area contributed by atoms with Crippen molar-refractivity contribution in [2.45, 2.75) is 26.3 Å². The molecule has 0 aliphatic heterocycles. The van der Waals surface area contributed by atoms with E-state index in [0.29, 0.717) is 17.9 Å². The topological polar surface area (TPSA) is 41.5 Å². The molecule has 17 heavy (non-hydrogen) atoms. The van der Waals surface area contributed by atoms with E-state index in [1.54, 1.807) is 19.1 Å². The number of hydrogen-bond donors (Lipinski definition) is 2. The van der Waals surface area contributed by atoms with Gasteiger partial charge in [-0.25, -0.2) is 4.39 Å². The quantitative estimate of drug-likeness (QED) is 0.765. The minimum atomic E-state index is -0.236. The predicted molar refractivity (Wildman–Crippen MR) is 65.8 cm³/mol. The van der Waals surface area contributed by atoms with E-state index < -0.39 is 0 Å². The van der Waals surface area contributed by atoms with Crippen LogP contribution in [-0.2, 0) is 0 Å². The molecule has 96 valence electrons. The van der Waals surface area contributed by atoms with Crippen LogP contribution in [0.25, 0.3) is 0 Å². The van der Waals surface area contributed by atoms with E-state index in [1.165, 1.54) is 6.07 Å². The lowest BCUT2D eigenvalue weighted by Gasteiger charge is -2.16. The fourth-order valence-corrected chi connectivity index (χ4v) is 1.43. The van der Waals surface area contributed by atoms with Gasteiger partial charge < -0.3 is 15.2 Å². The maximum atomic E-state index is 13.0. The van der Waals surface area contributed by atoms with Crippen LogP contribution in [0, 0.1) is 12.7 Å². The van der Waals surface area contributed by atoms with E-state index in [-0.39, 0.29) is 18.5 Å². The molecule has 4 heteroatoms. The lowest BCUT2D eigenvalue weighted by atomic mass is 10.2. The first-order valence-corrected chi connectivity index (χ1v) is 5.90. The van der Waals surface area contributed by atoms with Gasteiger partial charge in [-0.15, -0.1) is 0 Å². The van der Waals surface area contributed by atoms with Crippen molar-refractivity contribution in [3.63, 3.8) is 0 Å². The number of halogens is 1. The van der Waals surface area contributed by atoms with Crippen LogP contribution in [-0.4, -0.2) is 30.9 Å². The standard InChI is InChI=1S/C13H20FNO2/c1-3-6-15-11(8-16)9-17-12-4-5-13(14)10(2)7-12/h4-5,7,11,15-16H,3,6,8-9H2,1-2H3. The van der Waals surface area contributed by atoms with E-state index >= 15 is 0 Å². The number of aliphatic hydroxyl groups is 1. The van der Waals surface area contributed by atoms with Gasteiger partial charge in [-0.1, -0.05) is 6.92 Å². The maximum absolute atomic E-state index is 13.0. The summed E-state index contributed by atoms with van der Waals surface area (Å²) in [6.45, 7) is 5.01. The number of aliphatic hydroxyl groups excluding tert-OH is 1. The highest BCUT2D eigenvalue weighted by Crippen LogP contribution is 2.15. The van der Waals surface area contributed by atoms with Crippen LogP contribution in [0.4, 0.5) is 4.39 Å². The van der Waals surface area contributed by atoms with E-state index in [2.05, 4.69) is 12.2 Å². The molecule has 0 heterocycles. The molecule has 0 aliphatic carbocycles. The average molecular weight is 241 g/mol. The molecule has 1 aromatic rings. The van der Waals surface area contributed by atoms with Gasteiger partial charge in [0, 0.05) is 0 Å². The molecule has 0 saturated carbocycles. The van der Waals surface area contributed by atoms with Crippen molar-refractivity contribution < 1.29 is 14.2 Å². The Kier molecular flexibility index (Phi) is 5.94. The number of aryl methyl sites for hydroxylation is 1. The molecule has 0 amide bonds. The van der Waals surface area contributed by atoms with Gasteiger partial charge in [0.15, 0.2) is 0 Å². The Labute approximate surface area is 102 Å². The van der Waals surface area contributed by atoms with Crippen LogP contribution in [0.1, 0.15) is 18.9 Å². The van der Waals surface area contributed by atoms with Gasteiger partial charge in [0.2, 0.25) is 0 Å². The zero-order valence-corrected chi connectivity index (χ0v) is 10.4. The maximum Gasteiger partial charge on any atom is 0.126 e. The summed E-state index contributed by atoms with van der Waals surface area (Å²) in [6, 6.07) is 4.55. The molecule has 1 rings (SSSR count). The molecule has 0 saturated heterocycles. The summed E-state index contributed by atoms with van der Waals surface area (Å²) in [6.07, 6.45) is 1.01. The summed E-state index contributed by atoms with van der Waals surface area (Å²) in [5, 5.41) is 12.3. The summed E-state index contributed by atoms with van der Waals surface area (Å²) < 4.78 is 18.5. The summed E-state index contributed by atoms with van der Waals surface area (Å²) in [7, 11) is 0. The third-order valence-electron chi connectivity index (χ3n) is 2.48. The molecular formula is C13H20FNO2. The van der Waals surface area contributed by atoms with Crippen molar-refractivity contribution >= 4 is 0 Å². The Balaban J connectivity index is 2.45. The van der Waals surface area contributed by atoms with Gasteiger partial charge in [-0.2, -0.15) is 0 Å². The van der Waals surface area contributed by atoms with Crippen LogP contribution < -0.4 is 10.1 Å². The van der Waals surface area contributed by atoms with Crippen LogP contribution in [0.5, 0.6) is 5.75 Å². The second-order valence-electron chi connectivity index (χ2n) is 4.06. The minimum absolute atomic E-state index is 0.0280. The molecule has 0 fully saturated rings. The van der Waals surface area contributed by atoms with Crippen molar-refractivity contribution in [1.29, 1.82) is 0 Å². The van der Waals surface area contributed by atoms with Crippen LogP contribution in [0.15, 0.2) is 18.2 Å². The van der Waals surface area contributed by atoms with Crippen molar-refractivity contribution in [2.75, 3.05) is 19.8 Å². The number of ether oxygens (including phenoxy) is 1. The van der Waals surface area contributed by atoms with Gasteiger partial charge in [-0.05, 0) is 43.7 Å². The Bertz CT molecular complexity index is 344. The van der Waals surface area contributed by atoms with E-state index in [9.17, 15) is 4.39 Å². The van der Waals surface area contributed by atoms with Gasteiger partial charge in [0.05, 0.1) is 12.6 Å². The minimum Gasteiger partial charge on any atom is -0.492 e. The van der Waals surface area contributed by atoms with Gasteiger partial charge in [-0.3, -0.25) is 0 Å². The van der Waals surface area contributed by atoms with E-state index in [1.807, 2.05) is 0 Å². The molecule has 2 N–H and O–H groups in total. The van der Waals surface area contributed by atoms with Gasteiger partial charge >= 0.3 is 0 Å². The molecule has 3 nitrogen and oxygen atoms in total. The van der Waals surface area contributed by atoms with Crippen molar-refractivity contribution in [1.82, 2.24) is 5.32 Å².